The molecule has 20 heavy (non-hydrogen) atoms. The van der Waals surface area contributed by atoms with Gasteiger partial charge < -0.3 is 20.9 Å². The second-order valence-electron chi connectivity index (χ2n) is 4.74. The smallest absolute Gasteiger partial charge is 0.317 e. The van der Waals surface area contributed by atoms with Crippen LogP contribution in [0.5, 0.6) is 0 Å². The summed E-state index contributed by atoms with van der Waals surface area (Å²) in [4.78, 5) is 27.5. The zero-order chi connectivity index (χ0) is 14.5. The van der Waals surface area contributed by atoms with Crippen LogP contribution in [-0.2, 0) is 0 Å². The molecule has 1 aliphatic rings. The molecule has 1 saturated heterocycles. The Morgan fingerprint density at radius 1 is 1.20 bits per heavy atom. The lowest BCUT2D eigenvalue weighted by Gasteiger charge is -2.34. The molecule has 0 unspecified atom stereocenters. The molecule has 0 atom stereocenters. The van der Waals surface area contributed by atoms with Gasteiger partial charge in [0.15, 0.2) is 0 Å². The van der Waals surface area contributed by atoms with E-state index in [1.807, 2.05) is 6.92 Å². The fourth-order valence-corrected chi connectivity index (χ4v) is 2.23. The second-order valence-corrected chi connectivity index (χ2v) is 4.74. The summed E-state index contributed by atoms with van der Waals surface area (Å²) in [6.07, 6.45) is 0. The maximum absolute atomic E-state index is 12.3. The Kier molecular flexibility index (Phi) is 4.45. The van der Waals surface area contributed by atoms with Crippen LogP contribution in [0.3, 0.4) is 0 Å². The summed E-state index contributed by atoms with van der Waals surface area (Å²) in [5.74, 6) is -0.0344. The summed E-state index contributed by atoms with van der Waals surface area (Å²) in [5.41, 5.74) is 6.86. The van der Waals surface area contributed by atoms with Gasteiger partial charge in [0, 0.05) is 44.0 Å². The van der Waals surface area contributed by atoms with Gasteiger partial charge in [0.25, 0.3) is 5.91 Å². The largest absolute Gasteiger partial charge is 0.399 e. The molecule has 1 aromatic rings. The summed E-state index contributed by atoms with van der Waals surface area (Å²) < 4.78 is 0. The van der Waals surface area contributed by atoms with Crippen LogP contribution in [0.2, 0.25) is 0 Å². The number of urea groups is 1. The number of nitrogens with zero attached hydrogens (tertiary/aromatic N) is 2. The quantitative estimate of drug-likeness (QED) is 0.783. The molecule has 0 radical (unpaired) electrons. The number of anilines is 1. The number of carbonyl (C=O) groups is 2. The van der Waals surface area contributed by atoms with Crippen LogP contribution >= 0.6 is 0 Å². The number of nitrogens with one attached hydrogen (secondary N) is 1. The molecule has 3 amide bonds. The molecule has 2 rings (SSSR count). The maximum atomic E-state index is 12.3. The standard InChI is InChI=1S/C14H20N4O2/c1-2-16-14(20)18-8-6-17(7-9-18)13(19)11-4-3-5-12(15)10-11/h3-5,10H,2,6-9,15H2,1H3,(H,16,20). The SMILES string of the molecule is CCNC(=O)N1CCN(C(=O)c2cccc(N)c2)CC1. The molecule has 0 spiro atoms. The first-order valence-corrected chi connectivity index (χ1v) is 6.79. The number of piperazine rings is 1. The first-order valence-electron chi connectivity index (χ1n) is 6.79. The zero-order valence-electron chi connectivity index (χ0n) is 11.6. The van der Waals surface area contributed by atoms with Gasteiger partial charge in [-0.2, -0.15) is 0 Å². The molecule has 0 aromatic heterocycles. The Balaban J connectivity index is 1.93. The highest BCUT2D eigenvalue weighted by Crippen LogP contribution is 2.12. The average molecular weight is 276 g/mol. The van der Waals surface area contributed by atoms with Crippen molar-refractivity contribution in [2.45, 2.75) is 6.92 Å². The number of nitrogen functional groups attached to an aromatic ring is 1. The first kappa shape index (κ1) is 14.2. The molecule has 1 aromatic carbocycles. The summed E-state index contributed by atoms with van der Waals surface area (Å²) in [6, 6.07) is 6.90. The lowest BCUT2D eigenvalue weighted by atomic mass is 10.1. The Morgan fingerprint density at radius 2 is 1.85 bits per heavy atom. The van der Waals surface area contributed by atoms with Gasteiger partial charge in [-0.05, 0) is 25.1 Å². The van der Waals surface area contributed by atoms with Crippen LogP contribution < -0.4 is 11.1 Å². The fourth-order valence-electron chi connectivity index (χ4n) is 2.23. The normalized spacial score (nSPS) is 15.1. The fraction of sp³-hybridized carbons (Fsp3) is 0.429. The Labute approximate surface area is 118 Å². The van der Waals surface area contributed by atoms with Crippen LogP contribution in [0.15, 0.2) is 24.3 Å². The first-order chi connectivity index (χ1) is 9.61. The molecule has 1 aliphatic heterocycles. The van der Waals surface area contributed by atoms with Gasteiger partial charge in [0.05, 0.1) is 0 Å². The van der Waals surface area contributed by atoms with E-state index in [1.165, 1.54) is 0 Å². The van der Waals surface area contributed by atoms with Crippen LogP contribution in [0.25, 0.3) is 0 Å². The predicted molar refractivity (Wildman–Crippen MR) is 77.4 cm³/mol. The van der Waals surface area contributed by atoms with Crippen LogP contribution in [0.1, 0.15) is 17.3 Å². The van der Waals surface area contributed by atoms with Gasteiger partial charge in [0.1, 0.15) is 0 Å². The predicted octanol–water partition coefficient (Wildman–Crippen LogP) is 0.756. The van der Waals surface area contributed by atoms with Crippen molar-refractivity contribution in [1.82, 2.24) is 15.1 Å². The summed E-state index contributed by atoms with van der Waals surface area (Å²) in [5, 5.41) is 2.77. The number of hydrogen-bond acceptors (Lipinski definition) is 3. The number of carbonyl (C=O) groups excluding carboxylic acids is 2. The number of benzene rings is 1. The van der Waals surface area contributed by atoms with E-state index in [2.05, 4.69) is 5.32 Å². The Bertz CT molecular complexity index is 496. The summed E-state index contributed by atoms with van der Waals surface area (Å²) >= 11 is 0. The highest BCUT2D eigenvalue weighted by atomic mass is 16.2. The van der Waals surface area contributed by atoms with Crippen LogP contribution in [0, 0.1) is 0 Å². The van der Waals surface area contributed by atoms with Gasteiger partial charge in [0.2, 0.25) is 0 Å². The van der Waals surface area contributed by atoms with E-state index in [-0.39, 0.29) is 11.9 Å². The van der Waals surface area contributed by atoms with E-state index in [1.54, 1.807) is 34.1 Å². The maximum Gasteiger partial charge on any atom is 0.317 e. The molecule has 6 nitrogen and oxygen atoms in total. The van der Waals surface area contributed by atoms with Crippen molar-refractivity contribution in [2.75, 3.05) is 38.5 Å². The van der Waals surface area contributed by atoms with Crippen molar-refractivity contribution < 1.29 is 9.59 Å². The van der Waals surface area contributed by atoms with E-state index in [9.17, 15) is 9.59 Å². The third-order valence-electron chi connectivity index (χ3n) is 3.32. The van der Waals surface area contributed by atoms with E-state index in [0.717, 1.165) is 0 Å². The second kappa shape index (κ2) is 6.27. The topological polar surface area (TPSA) is 78.7 Å². The van der Waals surface area contributed by atoms with Crippen molar-refractivity contribution in [1.29, 1.82) is 0 Å². The minimum atomic E-state index is -0.0662. The molecule has 0 bridgehead atoms. The van der Waals surface area contributed by atoms with Crippen molar-refractivity contribution in [3.8, 4) is 0 Å². The van der Waals surface area contributed by atoms with Gasteiger partial charge >= 0.3 is 6.03 Å². The van der Waals surface area contributed by atoms with Gasteiger partial charge in [-0.25, -0.2) is 4.79 Å². The minimum Gasteiger partial charge on any atom is -0.399 e. The molecular formula is C14H20N4O2. The van der Waals surface area contributed by atoms with Crippen molar-refractivity contribution >= 4 is 17.6 Å². The Morgan fingerprint density at radius 3 is 2.45 bits per heavy atom. The Hall–Kier alpha value is -2.24. The summed E-state index contributed by atoms with van der Waals surface area (Å²) in [6.45, 7) is 4.70. The van der Waals surface area contributed by atoms with E-state index in [0.29, 0.717) is 44.0 Å². The molecule has 6 heteroatoms. The highest BCUT2D eigenvalue weighted by Gasteiger charge is 2.24. The van der Waals surface area contributed by atoms with Gasteiger partial charge in [-0.3, -0.25) is 4.79 Å². The summed E-state index contributed by atoms with van der Waals surface area (Å²) in [7, 11) is 0. The van der Waals surface area contributed by atoms with Crippen molar-refractivity contribution in [2.24, 2.45) is 0 Å². The molecule has 0 aliphatic carbocycles. The van der Waals surface area contributed by atoms with Crippen LogP contribution in [-0.4, -0.2) is 54.5 Å². The third kappa shape index (κ3) is 3.20. The number of hydrogen-bond donors (Lipinski definition) is 2. The lowest BCUT2D eigenvalue weighted by Crippen LogP contribution is -2.53. The lowest BCUT2D eigenvalue weighted by molar-refractivity contribution is 0.0665. The van der Waals surface area contributed by atoms with E-state index < -0.39 is 0 Å². The number of rotatable bonds is 2. The van der Waals surface area contributed by atoms with Gasteiger partial charge in [-0.15, -0.1) is 0 Å². The van der Waals surface area contributed by atoms with E-state index in [4.69, 9.17) is 5.73 Å². The zero-order valence-corrected chi connectivity index (χ0v) is 11.6. The monoisotopic (exact) mass is 276 g/mol. The molecule has 3 N–H and O–H groups in total. The highest BCUT2D eigenvalue weighted by molar-refractivity contribution is 5.95. The number of amides is 3. The molecule has 1 fully saturated rings. The van der Waals surface area contributed by atoms with Crippen molar-refractivity contribution in [3.05, 3.63) is 29.8 Å². The number of nitrogens with two attached hydrogens (primary N) is 1. The minimum absolute atomic E-state index is 0.0344. The molecule has 0 saturated carbocycles. The van der Waals surface area contributed by atoms with Gasteiger partial charge in [-0.1, -0.05) is 6.07 Å². The molecular weight excluding hydrogens is 256 g/mol. The average Bonchev–Trinajstić information content (AvgIpc) is 2.47. The molecule has 1 heterocycles. The molecule has 108 valence electrons. The van der Waals surface area contributed by atoms with Crippen molar-refractivity contribution in [3.63, 3.8) is 0 Å². The van der Waals surface area contributed by atoms with E-state index >= 15 is 0 Å². The third-order valence-corrected chi connectivity index (χ3v) is 3.32. The van der Waals surface area contributed by atoms with Crippen LogP contribution in [0.4, 0.5) is 10.5 Å².